The second-order valence-corrected chi connectivity index (χ2v) is 6.56. The van der Waals surface area contributed by atoms with Crippen LogP contribution in [0.2, 0.25) is 0 Å². The van der Waals surface area contributed by atoms with E-state index in [-0.39, 0.29) is 0 Å². The van der Waals surface area contributed by atoms with Crippen molar-refractivity contribution in [3.05, 3.63) is 91.0 Å². The summed E-state index contributed by atoms with van der Waals surface area (Å²) in [4.78, 5) is 0. The normalized spacial score (nSPS) is 9.81. The van der Waals surface area contributed by atoms with Gasteiger partial charge in [-0.25, -0.2) is 0 Å². The van der Waals surface area contributed by atoms with E-state index in [2.05, 4.69) is 91.0 Å². The average molecular weight is 327 g/mol. The van der Waals surface area contributed by atoms with Gasteiger partial charge in [-0.05, 0) is 23.8 Å². The Morgan fingerprint density at radius 1 is 0.476 bits per heavy atom. The minimum absolute atomic E-state index is 0.446. The smallest absolute Gasteiger partial charge is 0.273 e. The van der Waals surface area contributed by atoms with Crippen LogP contribution in [0.4, 0.5) is 0 Å². The molecule has 0 amide bonds. The number of hydrogen-bond donors (Lipinski definition) is 0. The Balaban J connectivity index is 0.000000774. The predicted molar refractivity (Wildman–Crippen MR) is 99.5 cm³/mol. The summed E-state index contributed by atoms with van der Waals surface area (Å²) in [7, 11) is 4.33. The third kappa shape index (κ3) is 4.44. The highest BCUT2D eigenvalue weighted by atomic mass is 35.6. The Kier molecular flexibility index (Phi) is 7.01. The van der Waals surface area contributed by atoms with Crippen molar-refractivity contribution >= 4 is 49.3 Å². The Morgan fingerprint density at radius 3 is 0.952 bits per heavy atom. The van der Waals surface area contributed by atoms with Gasteiger partial charge in [0.15, 0.2) is 0 Å². The lowest BCUT2D eigenvalue weighted by atomic mass is 10.4. The van der Waals surface area contributed by atoms with E-state index >= 15 is 0 Å². The molecule has 0 aliphatic carbocycles. The Labute approximate surface area is 140 Å². The van der Waals surface area contributed by atoms with Gasteiger partial charge in [-0.3, -0.25) is 10.0 Å². The van der Waals surface area contributed by atoms with Crippen LogP contribution in [0, 0.1) is 0 Å². The summed E-state index contributed by atoms with van der Waals surface area (Å²) >= 11 is 0.778. The first-order valence-electron chi connectivity index (χ1n) is 6.78. The molecule has 0 N–H and O–H groups in total. The third-order valence-corrected chi connectivity index (χ3v) is 5.49. The summed E-state index contributed by atoms with van der Waals surface area (Å²) in [6.45, 7) is 0. The third-order valence-electron chi connectivity index (χ3n) is 3.04. The second kappa shape index (κ2) is 9.04. The molecule has 3 rings (SSSR count). The molecule has 0 spiro atoms. The summed E-state index contributed by atoms with van der Waals surface area (Å²) in [6.07, 6.45) is 0. The maximum Gasteiger partial charge on any atom is 0.353 e. The van der Waals surface area contributed by atoms with Crippen molar-refractivity contribution in [1.29, 1.82) is 0 Å². The maximum absolute atomic E-state index is 4.78. The van der Waals surface area contributed by atoms with Crippen LogP contribution >= 0.6 is 18.0 Å². The standard InChI is InChI=1S/C18H15P.Al.ClH.2H/c1-4-10-16(11-5-1)19(17-12-6-2-7-13-17)18-14-8-3-9-15-18;;;;/h1-15H;;1H;;/q;+1;;;/p-1. The zero-order valence-electron chi connectivity index (χ0n) is 12.0. The van der Waals surface area contributed by atoms with Crippen LogP contribution in [-0.4, -0.2) is 15.4 Å². The van der Waals surface area contributed by atoms with E-state index in [0.717, 1.165) is 15.4 Å². The van der Waals surface area contributed by atoms with Gasteiger partial charge < -0.3 is 0 Å². The van der Waals surface area contributed by atoms with Gasteiger partial charge >= 0.3 is 15.4 Å². The molecule has 3 aromatic carbocycles. The number of rotatable bonds is 3. The van der Waals surface area contributed by atoms with Gasteiger partial charge in [0.05, 0.1) is 0 Å². The minimum atomic E-state index is -0.446. The van der Waals surface area contributed by atoms with E-state index < -0.39 is 7.92 Å². The van der Waals surface area contributed by atoms with Gasteiger partial charge in [0.1, 0.15) is 0 Å². The first-order valence-corrected chi connectivity index (χ1v) is 11.1. The van der Waals surface area contributed by atoms with Gasteiger partial charge in [-0.1, -0.05) is 91.0 Å². The first kappa shape index (κ1) is 16.3. The molecule has 0 aromatic heterocycles. The predicted octanol–water partition coefficient (Wildman–Crippen LogP) is 3.22. The van der Waals surface area contributed by atoms with Crippen LogP contribution in [0.25, 0.3) is 0 Å². The lowest BCUT2D eigenvalue weighted by molar-refractivity contribution is 1.74. The monoisotopic (exact) mass is 326 g/mol. The highest BCUT2D eigenvalue weighted by Gasteiger charge is 2.14. The molecule has 0 fully saturated rings. The zero-order chi connectivity index (χ0) is 14.9. The molecule has 0 aliphatic heterocycles. The summed E-state index contributed by atoms with van der Waals surface area (Å²) < 4.78 is 0. The molecule has 0 heterocycles. The summed E-state index contributed by atoms with van der Waals surface area (Å²) in [6, 6.07) is 32.3. The van der Waals surface area contributed by atoms with Crippen LogP contribution in [-0.2, 0) is 0 Å². The Bertz CT molecular complexity index is 535. The van der Waals surface area contributed by atoms with Gasteiger partial charge in [-0.2, -0.15) is 0 Å². The molecule has 0 aliphatic rings. The summed E-state index contributed by atoms with van der Waals surface area (Å²) in [5.41, 5.74) is 0. The Morgan fingerprint density at radius 2 is 0.714 bits per heavy atom. The molecular weight excluding hydrogens is 310 g/mol. The SMILES string of the molecule is [AlH2][Cl].c1ccc(P(c2ccccc2)c2ccccc2)cc1. The molecule has 0 saturated heterocycles. The van der Waals surface area contributed by atoms with Gasteiger partial charge in [0.2, 0.25) is 0 Å². The van der Waals surface area contributed by atoms with Crippen LogP contribution in [0.1, 0.15) is 0 Å². The molecular formula is C18H17AlClP. The molecule has 0 bridgehead atoms. The summed E-state index contributed by atoms with van der Waals surface area (Å²) in [5, 5.41) is 4.19. The molecule has 21 heavy (non-hydrogen) atoms. The quantitative estimate of drug-likeness (QED) is 0.512. The number of halogens is 1. The number of hydrogen-bond acceptors (Lipinski definition) is 0. The largest absolute Gasteiger partial charge is 0.353 e. The van der Waals surface area contributed by atoms with E-state index in [0.29, 0.717) is 0 Å². The van der Waals surface area contributed by atoms with Crippen molar-refractivity contribution in [2.45, 2.75) is 0 Å². The second-order valence-electron chi connectivity index (χ2n) is 4.34. The molecule has 0 saturated carbocycles. The first-order chi connectivity index (χ1) is 10.4. The van der Waals surface area contributed by atoms with Crippen LogP contribution in [0.15, 0.2) is 91.0 Å². The average Bonchev–Trinajstić information content (AvgIpc) is 2.60. The van der Waals surface area contributed by atoms with E-state index in [9.17, 15) is 0 Å². The minimum Gasteiger partial charge on any atom is -0.273 e. The van der Waals surface area contributed by atoms with Crippen molar-refractivity contribution in [3.63, 3.8) is 0 Å². The van der Waals surface area contributed by atoms with E-state index in [1.807, 2.05) is 0 Å². The summed E-state index contributed by atoms with van der Waals surface area (Å²) in [5.74, 6) is 0. The molecule has 3 heteroatoms. The zero-order valence-corrected chi connectivity index (χ0v) is 15.6. The molecule has 3 aromatic rings. The highest BCUT2D eigenvalue weighted by Crippen LogP contribution is 2.32. The van der Waals surface area contributed by atoms with Crippen LogP contribution in [0.5, 0.6) is 0 Å². The Hall–Kier alpha value is -1.09. The number of benzene rings is 3. The maximum atomic E-state index is 4.78. The van der Waals surface area contributed by atoms with Gasteiger partial charge in [-0.15, -0.1) is 0 Å². The fraction of sp³-hybridized carbons (Fsp3) is 0. The lowest BCUT2D eigenvalue weighted by Gasteiger charge is -2.18. The topological polar surface area (TPSA) is 0 Å². The van der Waals surface area contributed by atoms with E-state index in [4.69, 9.17) is 10.0 Å². The van der Waals surface area contributed by atoms with Crippen LogP contribution < -0.4 is 15.9 Å². The lowest BCUT2D eigenvalue weighted by Crippen LogP contribution is -2.20. The molecule has 0 nitrogen and oxygen atoms in total. The van der Waals surface area contributed by atoms with Gasteiger partial charge in [0, 0.05) is 0 Å². The van der Waals surface area contributed by atoms with E-state index in [1.54, 1.807) is 0 Å². The van der Waals surface area contributed by atoms with Crippen molar-refractivity contribution < 1.29 is 0 Å². The highest BCUT2D eigenvalue weighted by molar-refractivity contribution is 7.79. The van der Waals surface area contributed by atoms with E-state index in [1.165, 1.54) is 15.9 Å². The van der Waals surface area contributed by atoms with Crippen molar-refractivity contribution in [1.82, 2.24) is 0 Å². The van der Waals surface area contributed by atoms with Crippen molar-refractivity contribution in [3.8, 4) is 0 Å². The van der Waals surface area contributed by atoms with Crippen molar-refractivity contribution in [2.24, 2.45) is 0 Å². The van der Waals surface area contributed by atoms with Gasteiger partial charge in [0.25, 0.3) is 0 Å². The molecule has 0 atom stereocenters. The molecule has 0 unspecified atom stereocenters. The molecule has 0 radical (unpaired) electrons. The fourth-order valence-corrected chi connectivity index (χ4v) is 4.48. The molecule has 104 valence electrons. The van der Waals surface area contributed by atoms with Crippen LogP contribution in [0.3, 0.4) is 0 Å². The van der Waals surface area contributed by atoms with Crippen molar-refractivity contribution in [2.75, 3.05) is 0 Å². The fourth-order valence-electron chi connectivity index (χ4n) is 2.18.